The number of para-hydroxylation sites is 2. The highest BCUT2D eigenvalue weighted by molar-refractivity contribution is 5.72. The maximum absolute atomic E-state index is 5.99. The van der Waals surface area contributed by atoms with Crippen LogP contribution in [0.4, 0.5) is 0 Å². The highest BCUT2D eigenvalue weighted by atomic mass is 16.5. The second kappa shape index (κ2) is 6.96. The highest BCUT2D eigenvalue weighted by Crippen LogP contribution is 2.32. The van der Waals surface area contributed by atoms with Gasteiger partial charge in [0.2, 0.25) is 5.89 Å². The van der Waals surface area contributed by atoms with E-state index in [1.54, 1.807) is 0 Å². The van der Waals surface area contributed by atoms with E-state index in [0.29, 0.717) is 11.8 Å². The molecule has 4 rings (SSSR count). The van der Waals surface area contributed by atoms with Crippen LogP contribution >= 0.6 is 0 Å². The second-order valence-corrected chi connectivity index (χ2v) is 6.83. The van der Waals surface area contributed by atoms with Gasteiger partial charge in [0, 0.05) is 18.9 Å². The molecule has 1 saturated heterocycles. The zero-order valence-corrected chi connectivity index (χ0v) is 14.8. The summed E-state index contributed by atoms with van der Waals surface area (Å²) in [6.45, 7) is 6.19. The Hall–Kier alpha value is -2.21. The third-order valence-electron chi connectivity index (χ3n) is 4.97. The number of nitrogens with zero attached hydrogens (tertiary/aromatic N) is 4. The lowest BCUT2D eigenvalue weighted by molar-refractivity contribution is 0.126. The highest BCUT2D eigenvalue weighted by Gasteiger charge is 2.30. The fraction of sp³-hybridized carbons (Fsp3) is 0.526. The van der Waals surface area contributed by atoms with Crippen molar-refractivity contribution in [2.75, 3.05) is 13.1 Å². The van der Waals surface area contributed by atoms with E-state index in [1.165, 1.54) is 0 Å². The number of fused-ring (bicyclic) bond motifs is 1. The van der Waals surface area contributed by atoms with Gasteiger partial charge in [-0.15, -0.1) is 0 Å². The van der Waals surface area contributed by atoms with Gasteiger partial charge in [-0.2, -0.15) is 4.98 Å². The average Bonchev–Trinajstić information content (AvgIpc) is 3.28. The molecule has 0 aliphatic carbocycles. The molecule has 1 aromatic carbocycles. The number of likely N-dealkylation sites (tertiary alicyclic amines) is 1. The molecular formula is C19H24N4O2. The van der Waals surface area contributed by atoms with Crippen molar-refractivity contribution in [1.29, 1.82) is 0 Å². The average molecular weight is 340 g/mol. The summed E-state index contributed by atoms with van der Waals surface area (Å²) in [5.74, 6) is 2.66. The molecule has 132 valence electrons. The molecule has 2 atom stereocenters. The van der Waals surface area contributed by atoms with E-state index >= 15 is 0 Å². The first-order valence-electron chi connectivity index (χ1n) is 9.16. The SMILES string of the molecule is CCCc1noc(C(C)N2CCCC(c3nc4ccccc4o3)C2)n1. The van der Waals surface area contributed by atoms with Gasteiger partial charge in [0.1, 0.15) is 5.52 Å². The Morgan fingerprint density at radius 3 is 3.00 bits per heavy atom. The predicted molar refractivity (Wildman–Crippen MR) is 94.3 cm³/mol. The Bertz CT molecular complexity index is 808. The first-order valence-corrected chi connectivity index (χ1v) is 9.16. The zero-order chi connectivity index (χ0) is 17.2. The monoisotopic (exact) mass is 340 g/mol. The van der Waals surface area contributed by atoms with Crippen molar-refractivity contribution in [1.82, 2.24) is 20.0 Å². The van der Waals surface area contributed by atoms with Crippen LogP contribution in [0.15, 0.2) is 33.2 Å². The van der Waals surface area contributed by atoms with Crippen molar-refractivity contribution in [2.24, 2.45) is 0 Å². The van der Waals surface area contributed by atoms with Gasteiger partial charge in [-0.3, -0.25) is 4.90 Å². The van der Waals surface area contributed by atoms with Crippen LogP contribution < -0.4 is 0 Å². The molecule has 0 amide bonds. The van der Waals surface area contributed by atoms with Crippen LogP contribution in [0.5, 0.6) is 0 Å². The maximum atomic E-state index is 5.99. The molecule has 3 aromatic rings. The molecular weight excluding hydrogens is 316 g/mol. The van der Waals surface area contributed by atoms with Gasteiger partial charge in [-0.05, 0) is 44.9 Å². The number of aromatic nitrogens is 3. The summed E-state index contributed by atoms with van der Waals surface area (Å²) < 4.78 is 11.5. The fourth-order valence-electron chi connectivity index (χ4n) is 3.54. The van der Waals surface area contributed by atoms with E-state index < -0.39 is 0 Å². The quantitative estimate of drug-likeness (QED) is 0.696. The van der Waals surface area contributed by atoms with Gasteiger partial charge in [-0.1, -0.05) is 24.2 Å². The molecule has 0 N–H and O–H groups in total. The molecule has 25 heavy (non-hydrogen) atoms. The van der Waals surface area contributed by atoms with Crippen LogP contribution in [0.3, 0.4) is 0 Å². The first kappa shape index (κ1) is 16.3. The topological polar surface area (TPSA) is 68.2 Å². The molecule has 6 heteroatoms. The Balaban J connectivity index is 1.49. The lowest BCUT2D eigenvalue weighted by Crippen LogP contribution is -2.36. The smallest absolute Gasteiger partial charge is 0.243 e. The largest absolute Gasteiger partial charge is 0.440 e. The van der Waals surface area contributed by atoms with E-state index in [2.05, 4.69) is 33.9 Å². The standard InChI is InChI=1S/C19H24N4O2/c1-3-7-17-21-18(25-22-17)13(2)23-11-6-8-14(12-23)19-20-15-9-4-5-10-16(15)24-19/h4-5,9-10,13-14H,3,6-8,11-12H2,1-2H3. The van der Waals surface area contributed by atoms with E-state index in [0.717, 1.165) is 61.6 Å². The van der Waals surface area contributed by atoms with Crippen LogP contribution in [-0.2, 0) is 6.42 Å². The molecule has 0 saturated carbocycles. The molecule has 0 bridgehead atoms. The van der Waals surface area contributed by atoms with Gasteiger partial charge >= 0.3 is 0 Å². The van der Waals surface area contributed by atoms with Crippen molar-refractivity contribution in [3.8, 4) is 0 Å². The van der Waals surface area contributed by atoms with Crippen LogP contribution in [-0.4, -0.2) is 33.1 Å². The molecule has 0 radical (unpaired) electrons. The summed E-state index contributed by atoms with van der Waals surface area (Å²) in [5, 5.41) is 4.08. The lowest BCUT2D eigenvalue weighted by atomic mass is 9.97. The van der Waals surface area contributed by atoms with Crippen molar-refractivity contribution >= 4 is 11.1 Å². The van der Waals surface area contributed by atoms with Crippen LogP contribution in [0.25, 0.3) is 11.1 Å². The molecule has 0 spiro atoms. The van der Waals surface area contributed by atoms with Gasteiger partial charge in [0.25, 0.3) is 0 Å². The maximum Gasteiger partial charge on any atom is 0.243 e. The van der Waals surface area contributed by atoms with Crippen LogP contribution in [0.1, 0.15) is 62.7 Å². The Morgan fingerprint density at radius 2 is 2.16 bits per heavy atom. The molecule has 1 aliphatic heterocycles. The normalized spacial score (nSPS) is 20.2. The number of hydrogen-bond donors (Lipinski definition) is 0. The summed E-state index contributed by atoms with van der Waals surface area (Å²) in [7, 11) is 0. The van der Waals surface area contributed by atoms with Crippen molar-refractivity contribution in [2.45, 2.75) is 51.5 Å². The molecule has 2 unspecified atom stereocenters. The van der Waals surface area contributed by atoms with E-state index in [-0.39, 0.29) is 6.04 Å². The third-order valence-corrected chi connectivity index (χ3v) is 4.97. The summed E-state index contributed by atoms with van der Waals surface area (Å²) in [6.07, 6.45) is 4.10. The van der Waals surface area contributed by atoms with Gasteiger partial charge in [-0.25, -0.2) is 4.98 Å². The lowest BCUT2D eigenvalue weighted by Gasteiger charge is -2.34. The van der Waals surface area contributed by atoms with Crippen molar-refractivity contribution in [3.63, 3.8) is 0 Å². The molecule has 6 nitrogen and oxygen atoms in total. The number of rotatable bonds is 5. The number of oxazole rings is 1. The van der Waals surface area contributed by atoms with Gasteiger partial charge in [0.15, 0.2) is 17.3 Å². The number of hydrogen-bond acceptors (Lipinski definition) is 6. The first-order chi connectivity index (χ1) is 12.2. The zero-order valence-electron chi connectivity index (χ0n) is 14.8. The van der Waals surface area contributed by atoms with E-state index in [4.69, 9.17) is 8.94 Å². The summed E-state index contributed by atoms with van der Waals surface area (Å²) in [5.41, 5.74) is 1.80. The minimum atomic E-state index is 0.116. The molecule has 1 fully saturated rings. The Labute approximate surface area is 147 Å². The summed E-state index contributed by atoms with van der Waals surface area (Å²) in [6, 6.07) is 8.07. The van der Waals surface area contributed by atoms with E-state index in [9.17, 15) is 0 Å². The van der Waals surface area contributed by atoms with Crippen molar-refractivity contribution in [3.05, 3.63) is 41.9 Å². The predicted octanol–water partition coefficient (Wildman–Crippen LogP) is 4.10. The molecule has 3 heterocycles. The Morgan fingerprint density at radius 1 is 1.28 bits per heavy atom. The minimum Gasteiger partial charge on any atom is -0.440 e. The van der Waals surface area contributed by atoms with Crippen molar-refractivity contribution < 1.29 is 8.94 Å². The number of piperidine rings is 1. The molecule has 2 aromatic heterocycles. The van der Waals surface area contributed by atoms with Crippen LogP contribution in [0, 0.1) is 0 Å². The van der Waals surface area contributed by atoms with E-state index in [1.807, 2.05) is 24.3 Å². The molecule has 1 aliphatic rings. The number of aryl methyl sites for hydroxylation is 1. The summed E-state index contributed by atoms with van der Waals surface area (Å²) >= 11 is 0. The second-order valence-electron chi connectivity index (χ2n) is 6.83. The summed E-state index contributed by atoms with van der Waals surface area (Å²) in [4.78, 5) is 11.6. The van der Waals surface area contributed by atoms with Gasteiger partial charge < -0.3 is 8.94 Å². The number of benzene rings is 1. The fourth-order valence-corrected chi connectivity index (χ4v) is 3.54. The van der Waals surface area contributed by atoms with Crippen LogP contribution in [0.2, 0.25) is 0 Å². The Kier molecular flexibility index (Phi) is 4.53. The third kappa shape index (κ3) is 3.31. The van der Waals surface area contributed by atoms with Gasteiger partial charge in [0.05, 0.1) is 6.04 Å². The minimum absolute atomic E-state index is 0.116.